The molecule has 0 aliphatic heterocycles. The van der Waals surface area contributed by atoms with E-state index in [9.17, 15) is 14.4 Å². The van der Waals surface area contributed by atoms with E-state index >= 15 is 0 Å². The van der Waals surface area contributed by atoms with Crippen LogP contribution >= 0.6 is 0 Å². The average Bonchev–Trinajstić information content (AvgIpc) is 3.27. The Bertz CT molecular complexity index is 962. The molecular weight excluding hydrogens is 769 g/mol. The van der Waals surface area contributed by atoms with Gasteiger partial charge in [0.1, 0.15) is 13.2 Å². The number of unbranched alkanes of at least 4 members (excludes halogenated alkanes) is 38. The molecule has 0 aromatic heterocycles. The highest BCUT2D eigenvalue weighted by atomic mass is 16.6. The number of rotatable bonds is 51. The van der Waals surface area contributed by atoms with Crippen LogP contribution < -0.4 is 0 Å². The molecule has 6 nitrogen and oxygen atoms in total. The molecule has 0 spiro atoms. The molecule has 0 N–H and O–H groups in total. The molecule has 62 heavy (non-hydrogen) atoms. The third-order valence-corrected chi connectivity index (χ3v) is 12.5. The standard InChI is InChI=1S/C56H106O6/c1-4-7-10-13-16-19-21-23-25-27-29-30-32-34-37-40-43-46-49-55(58)61-52-53(51-60-54(57)48-45-42-39-36-18-15-12-9-6-3)62-56(59)50-47-44-41-38-35-33-31-28-26-24-22-20-17-14-11-8-5-2/h29-30,53H,4-28,31-52H2,1-3H3/b30-29-. The van der Waals surface area contributed by atoms with Gasteiger partial charge in [0.2, 0.25) is 0 Å². The quantitative estimate of drug-likeness (QED) is 0.0262. The second-order valence-electron chi connectivity index (χ2n) is 18.9. The number of hydrogen-bond acceptors (Lipinski definition) is 6. The summed E-state index contributed by atoms with van der Waals surface area (Å²) in [6, 6.07) is 0. The van der Waals surface area contributed by atoms with Crippen molar-refractivity contribution in [2.45, 2.75) is 316 Å². The summed E-state index contributed by atoms with van der Waals surface area (Å²) in [4.78, 5) is 38.0. The van der Waals surface area contributed by atoms with Crippen molar-refractivity contribution in [1.82, 2.24) is 0 Å². The normalized spacial score (nSPS) is 12.0. The summed E-state index contributed by atoms with van der Waals surface area (Å²) in [5.74, 6) is -0.859. The molecule has 6 heteroatoms. The third kappa shape index (κ3) is 49.2. The Morgan fingerprint density at radius 2 is 0.532 bits per heavy atom. The zero-order chi connectivity index (χ0) is 45.1. The van der Waals surface area contributed by atoms with Crippen LogP contribution in [0.2, 0.25) is 0 Å². The Balaban J connectivity index is 4.25. The Morgan fingerprint density at radius 3 is 0.806 bits per heavy atom. The summed E-state index contributed by atoms with van der Waals surface area (Å²) in [5, 5.41) is 0. The molecule has 0 aliphatic rings. The third-order valence-electron chi connectivity index (χ3n) is 12.5. The van der Waals surface area contributed by atoms with Crippen molar-refractivity contribution in [3.05, 3.63) is 12.2 Å². The van der Waals surface area contributed by atoms with Gasteiger partial charge in [-0.2, -0.15) is 0 Å². The molecular formula is C56H106O6. The topological polar surface area (TPSA) is 78.9 Å². The maximum atomic E-state index is 12.8. The van der Waals surface area contributed by atoms with Crippen molar-refractivity contribution in [1.29, 1.82) is 0 Å². The van der Waals surface area contributed by atoms with Crippen molar-refractivity contribution in [3.63, 3.8) is 0 Å². The van der Waals surface area contributed by atoms with Crippen LogP contribution in [0.15, 0.2) is 12.2 Å². The minimum atomic E-state index is -0.766. The van der Waals surface area contributed by atoms with Crippen molar-refractivity contribution in [2.75, 3.05) is 13.2 Å². The minimum Gasteiger partial charge on any atom is -0.462 e. The fourth-order valence-corrected chi connectivity index (χ4v) is 8.32. The lowest BCUT2D eigenvalue weighted by Crippen LogP contribution is -2.30. The lowest BCUT2D eigenvalue weighted by molar-refractivity contribution is -0.167. The smallest absolute Gasteiger partial charge is 0.306 e. The summed E-state index contributed by atoms with van der Waals surface area (Å²) in [5.41, 5.74) is 0. The molecule has 0 aromatic rings. The SMILES string of the molecule is CCCCCCCCCCC/C=C\CCCCCCCC(=O)OCC(COC(=O)CCCCCCCCCCC)OC(=O)CCCCCCCCCCCCCCCCCCC. The summed E-state index contributed by atoms with van der Waals surface area (Å²) >= 11 is 0. The van der Waals surface area contributed by atoms with Crippen LogP contribution in [0.4, 0.5) is 0 Å². The van der Waals surface area contributed by atoms with Gasteiger partial charge in [-0.1, -0.05) is 258 Å². The zero-order valence-electron chi connectivity index (χ0n) is 41.9. The molecule has 0 bridgehead atoms. The van der Waals surface area contributed by atoms with E-state index < -0.39 is 6.10 Å². The molecule has 0 aliphatic carbocycles. The molecule has 0 amide bonds. The Kier molecular flexibility index (Phi) is 50.2. The van der Waals surface area contributed by atoms with E-state index in [1.165, 1.54) is 205 Å². The first-order chi connectivity index (χ1) is 30.5. The van der Waals surface area contributed by atoms with Gasteiger partial charge >= 0.3 is 17.9 Å². The Morgan fingerprint density at radius 1 is 0.306 bits per heavy atom. The van der Waals surface area contributed by atoms with Crippen LogP contribution in [0.1, 0.15) is 310 Å². The average molecular weight is 875 g/mol. The summed E-state index contributed by atoms with van der Waals surface area (Å²) < 4.78 is 16.8. The monoisotopic (exact) mass is 875 g/mol. The van der Waals surface area contributed by atoms with Gasteiger partial charge in [-0.3, -0.25) is 14.4 Å². The predicted octanol–water partition coefficient (Wildman–Crippen LogP) is 18.2. The number of hydrogen-bond donors (Lipinski definition) is 0. The summed E-state index contributed by atoms with van der Waals surface area (Å²) in [7, 11) is 0. The predicted molar refractivity (Wildman–Crippen MR) is 266 cm³/mol. The van der Waals surface area contributed by atoms with Crippen LogP contribution in [0, 0.1) is 0 Å². The second kappa shape index (κ2) is 51.8. The molecule has 1 unspecified atom stereocenters. The zero-order valence-corrected chi connectivity index (χ0v) is 41.9. The van der Waals surface area contributed by atoms with Crippen LogP contribution in [0.3, 0.4) is 0 Å². The first kappa shape index (κ1) is 60.2. The van der Waals surface area contributed by atoms with Gasteiger partial charge in [-0.05, 0) is 44.9 Å². The summed E-state index contributed by atoms with van der Waals surface area (Å²) in [6.07, 6.45) is 57.8. The van der Waals surface area contributed by atoms with E-state index in [2.05, 4.69) is 32.9 Å². The van der Waals surface area contributed by atoms with Gasteiger partial charge in [0.25, 0.3) is 0 Å². The number of allylic oxidation sites excluding steroid dienone is 2. The molecule has 0 aromatic carbocycles. The molecule has 0 heterocycles. The van der Waals surface area contributed by atoms with Gasteiger partial charge in [0.15, 0.2) is 6.10 Å². The molecule has 0 fully saturated rings. The van der Waals surface area contributed by atoms with Crippen molar-refractivity contribution in [3.8, 4) is 0 Å². The highest BCUT2D eigenvalue weighted by Gasteiger charge is 2.19. The largest absolute Gasteiger partial charge is 0.462 e. The van der Waals surface area contributed by atoms with E-state index in [0.29, 0.717) is 19.3 Å². The van der Waals surface area contributed by atoms with Crippen molar-refractivity contribution < 1.29 is 28.6 Å². The first-order valence-electron chi connectivity index (χ1n) is 27.7. The minimum absolute atomic E-state index is 0.0675. The van der Waals surface area contributed by atoms with Crippen LogP contribution in [-0.4, -0.2) is 37.2 Å². The lowest BCUT2D eigenvalue weighted by Gasteiger charge is -2.18. The fourth-order valence-electron chi connectivity index (χ4n) is 8.32. The Labute approximate surface area is 386 Å². The second-order valence-corrected chi connectivity index (χ2v) is 18.9. The fraction of sp³-hybridized carbons (Fsp3) is 0.911. The van der Waals surface area contributed by atoms with E-state index in [4.69, 9.17) is 14.2 Å². The van der Waals surface area contributed by atoms with E-state index in [-0.39, 0.29) is 31.1 Å². The number of esters is 3. The summed E-state index contributed by atoms with van der Waals surface area (Å²) in [6.45, 7) is 6.66. The number of ether oxygens (including phenoxy) is 3. The molecule has 0 radical (unpaired) electrons. The van der Waals surface area contributed by atoms with Crippen LogP contribution in [-0.2, 0) is 28.6 Å². The highest BCUT2D eigenvalue weighted by Crippen LogP contribution is 2.17. The maximum absolute atomic E-state index is 12.8. The maximum Gasteiger partial charge on any atom is 0.306 e. The van der Waals surface area contributed by atoms with Crippen molar-refractivity contribution in [2.24, 2.45) is 0 Å². The van der Waals surface area contributed by atoms with Gasteiger partial charge in [-0.25, -0.2) is 0 Å². The molecule has 0 rings (SSSR count). The molecule has 1 atom stereocenters. The highest BCUT2D eigenvalue weighted by molar-refractivity contribution is 5.71. The lowest BCUT2D eigenvalue weighted by atomic mass is 10.0. The van der Waals surface area contributed by atoms with E-state index in [0.717, 1.165) is 64.2 Å². The van der Waals surface area contributed by atoms with Crippen LogP contribution in [0.5, 0.6) is 0 Å². The molecule has 0 saturated carbocycles. The molecule has 366 valence electrons. The number of carbonyl (C=O) groups excluding carboxylic acids is 3. The van der Waals surface area contributed by atoms with Crippen molar-refractivity contribution >= 4 is 17.9 Å². The van der Waals surface area contributed by atoms with Gasteiger partial charge in [0, 0.05) is 19.3 Å². The van der Waals surface area contributed by atoms with Gasteiger partial charge in [0.05, 0.1) is 0 Å². The van der Waals surface area contributed by atoms with E-state index in [1.54, 1.807) is 0 Å². The first-order valence-corrected chi connectivity index (χ1v) is 27.7. The Hall–Kier alpha value is -1.85. The van der Waals surface area contributed by atoms with Crippen LogP contribution in [0.25, 0.3) is 0 Å². The van der Waals surface area contributed by atoms with Gasteiger partial charge < -0.3 is 14.2 Å². The van der Waals surface area contributed by atoms with E-state index in [1.807, 2.05) is 0 Å². The number of carbonyl (C=O) groups is 3. The van der Waals surface area contributed by atoms with Gasteiger partial charge in [-0.15, -0.1) is 0 Å². The molecule has 0 saturated heterocycles.